The number of hydrogen-bond acceptors (Lipinski definition) is 2. The predicted molar refractivity (Wildman–Crippen MR) is 214 cm³/mol. The quantitative estimate of drug-likeness (QED) is 0.184. The van der Waals surface area contributed by atoms with Crippen molar-refractivity contribution in [1.29, 1.82) is 0 Å². The first-order chi connectivity index (χ1) is 25.1. The maximum atomic E-state index is 6.52. The Morgan fingerprint density at radius 1 is 0.451 bits per heavy atom. The van der Waals surface area contributed by atoms with Gasteiger partial charge >= 0.3 is 0 Å². The molecule has 9 aromatic rings. The maximum absolute atomic E-state index is 6.52. The highest BCUT2D eigenvalue weighted by Gasteiger charge is 2.35. The second kappa shape index (κ2) is 11.3. The fraction of sp³-hybridized carbons (Fsp3) is 0.0612. The van der Waals surface area contributed by atoms with Crippen LogP contribution in [0.3, 0.4) is 0 Å². The van der Waals surface area contributed by atoms with Crippen molar-refractivity contribution in [3.8, 4) is 33.4 Å². The smallest absolute Gasteiger partial charge is 0.143 e. The molecule has 1 aromatic heterocycles. The number of rotatable bonds is 5. The van der Waals surface area contributed by atoms with Gasteiger partial charge in [0, 0.05) is 38.8 Å². The first kappa shape index (κ1) is 29.5. The molecule has 0 atom stereocenters. The van der Waals surface area contributed by atoms with E-state index in [9.17, 15) is 0 Å². The van der Waals surface area contributed by atoms with Crippen molar-refractivity contribution in [3.05, 3.63) is 187 Å². The summed E-state index contributed by atoms with van der Waals surface area (Å²) in [6.07, 6.45) is 0. The molecule has 0 aliphatic heterocycles. The minimum atomic E-state index is -0.167. The van der Waals surface area contributed by atoms with Gasteiger partial charge < -0.3 is 9.32 Å². The van der Waals surface area contributed by atoms with E-state index >= 15 is 0 Å². The molecule has 0 N–H and O–H groups in total. The summed E-state index contributed by atoms with van der Waals surface area (Å²) in [6.45, 7) is 4.73. The van der Waals surface area contributed by atoms with Gasteiger partial charge in [-0.15, -0.1) is 0 Å². The summed E-state index contributed by atoms with van der Waals surface area (Å²) < 4.78 is 6.52. The number of benzene rings is 8. The van der Waals surface area contributed by atoms with Crippen LogP contribution in [0.5, 0.6) is 0 Å². The molecule has 242 valence electrons. The van der Waals surface area contributed by atoms with Crippen LogP contribution in [0.25, 0.3) is 66.1 Å². The molecule has 0 saturated heterocycles. The largest absolute Gasteiger partial charge is 0.455 e. The molecule has 1 aliphatic rings. The van der Waals surface area contributed by atoms with Gasteiger partial charge in [0.15, 0.2) is 0 Å². The molecule has 2 heteroatoms. The van der Waals surface area contributed by atoms with Crippen LogP contribution < -0.4 is 4.90 Å². The molecule has 1 heterocycles. The monoisotopic (exact) mass is 653 g/mol. The Labute approximate surface area is 297 Å². The van der Waals surface area contributed by atoms with Crippen LogP contribution in [-0.4, -0.2) is 0 Å². The Morgan fingerprint density at radius 2 is 1.10 bits per heavy atom. The topological polar surface area (TPSA) is 16.4 Å². The Morgan fingerprint density at radius 3 is 1.86 bits per heavy atom. The van der Waals surface area contributed by atoms with Gasteiger partial charge in [0.2, 0.25) is 0 Å². The van der Waals surface area contributed by atoms with Gasteiger partial charge in [-0.1, -0.05) is 141 Å². The third-order valence-corrected chi connectivity index (χ3v) is 10.9. The number of nitrogens with zero attached hydrogens (tertiary/aromatic N) is 1. The normalized spacial score (nSPS) is 13.1. The van der Waals surface area contributed by atoms with Gasteiger partial charge in [-0.3, -0.25) is 0 Å². The van der Waals surface area contributed by atoms with Crippen molar-refractivity contribution >= 4 is 49.8 Å². The van der Waals surface area contributed by atoms with Crippen molar-refractivity contribution in [2.24, 2.45) is 0 Å². The van der Waals surface area contributed by atoms with Crippen molar-refractivity contribution in [2.75, 3.05) is 4.90 Å². The summed E-state index contributed by atoms with van der Waals surface area (Å²) in [4.78, 5) is 2.31. The number of fused-ring (bicyclic) bond motifs is 5. The van der Waals surface area contributed by atoms with E-state index in [1.54, 1.807) is 0 Å². The summed E-state index contributed by atoms with van der Waals surface area (Å²) in [5.74, 6) is 0. The van der Waals surface area contributed by atoms with E-state index in [-0.39, 0.29) is 5.41 Å². The summed E-state index contributed by atoms with van der Waals surface area (Å²) >= 11 is 0. The van der Waals surface area contributed by atoms with Crippen molar-refractivity contribution in [3.63, 3.8) is 0 Å². The third kappa shape index (κ3) is 4.57. The van der Waals surface area contributed by atoms with Crippen LogP contribution in [0.4, 0.5) is 17.1 Å². The molecule has 2 nitrogen and oxygen atoms in total. The fourth-order valence-corrected chi connectivity index (χ4v) is 8.39. The van der Waals surface area contributed by atoms with Gasteiger partial charge in [-0.25, -0.2) is 0 Å². The van der Waals surface area contributed by atoms with Crippen LogP contribution in [0, 0.1) is 0 Å². The standard InChI is InChI=1S/C49H35NO/c1-49(2)43-30-26-34(39-19-12-20-41-40-18-9-10-22-45(40)51-48(39)41)31-42(43)47-38(29-25-33-13-11-21-44(49)46(33)47)32-23-27-37(28-24-32)50(35-14-5-3-6-15-35)36-16-7-4-8-17-36/h3-31H,1-2H3. The minimum absolute atomic E-state index is 0.167. The molecule has 0 bridgehead atoms. The highest BCUT2D eigenvalue weighted by Crippen LogP contribution is 2.53. The molecule has 0 fully saturated rings. The van der Waals surface area contributed by atoms with Crippen molar-refractivity contribution in [1.82, 2.24) is 0 Å². The SMILES string of the molecule is CC1(C)c2ccc(-c3cccc4c3oc3ccccc34)cc2-c2c(-c3ccc(N(c4ccccc4)c4ccccc4)cc3)ccc3cccc1c23. The van der Waals surface area contributed by atoms with E-state index in [0.29, 0.717) is 0 Å². The van der Waals surface area contributed by atoms with Crippen LogP contribution in [0.2, 0.25) is 0 Å². The lowest BCUT2D eigenvalue weighted by Crippen LogP contribution is -2.24. The second-order valence-electron chi connectivity index (χ2n) is 14.1. The highest BCUT2D eigenvalue weighted by molar-refractivity contribution is 6.12. The van der Waals surface area contributed by atoms with Gasteiger partial charge in [0.1, 0.15) is 11.2 Å². The average Bonchev–Trinajstić information content (AvgIpc) is 3.57. The van der Waals surface area contributed by atoms with Crippen LogP contribution in [-0.2, 0) is 5.41 Å². The van der Waals surface area contributed by atoms with E-state index in [1.165, 1.54) is 44.2 Å². The highest BCUT2D eigenvalue weighted by atomic mass is 16.3. The minimum Gasteiger partial charge on any atom is -0.455 e. The van der Waals surface area contributed by atoms with Crippen molar-refractivity contribution < 1.29 is 4.42 Å². The maximum Gasteiger partial charge on any atom is 0.143 e. The summed E-state index contributed by atoms with van der Waals surface area (Å²) in [7, 11) is 0. The van der Waals surface area contributed by atoms with Gasteiger partial charge in [0.25, 0.3) is 0 Å². The van der Waals surface area contributed by atoms with Gasteiger partial charge in [0.05, 0.1) is 0 Å². The van der Waals surface area contributed by atoms with Crippen LogP contribution in [0.15, 0.2) is 180 Å². The van der Waals surface area contributed by atoms with Gasteiger partial charge in [-0.05, 0) is 98.2 Å². The first-order valence-electron chi connectivity index (χ1n) is 17.7. The van der Waals surface area contributed by atoms with E-state index in [1.807, 2.05) is 6.07 Å². The summed E-state index contributed by atoms with van der Waals surface area (Å²) in [5, 5.41) is 4.90. The zero-order chi connectivity index (χ0) is 34.1. The van der Waals surface area contributed by atoms with Crippen LogP contribution >= 0.6 is 0 Å². The Bertz CT molecular complexity index is 2720. The molecule has 51 heavy (non-hydrogen) atoms. The lowest BCUT2D eigenvalue weighted by Gasteiger charge is -2.36. The Hall–Kier alpha value is -6.38. The lowest BCUT2D eigenvalue weighted by molar-refractivity contribution is 0.645. The van der Waals surface area contributed by atoms with E-state index < -0.39 is 0 Å². The lowest BCUT2D eigenvalue weighted by atomic mass is 9.67. The molecule has 0 saturated carbocycles. The van der Waals surface area contributed by atoms with Crippen molar-refractivity contribution in [2.45, 2.75) is 19.3 Å². The molecule has 0 amide bonds. The molecule has 0 spiro atoms. The Balaban J connectivity index is 1.17. The fourth-order valence-electron chi connectivity index (χ4n) is 8.39. The average molecular weight is 654 g/mol. The predicted octanol–water partition coefficient (Wildman–Crippen LogP) is 13.8. The molecule has 0 radical (unpaired) electrons. The Kier molecular flexibility index (Phi) is 6.56. The zero-order valence-electron chi connectivity index (χ0n) is 28.6. The number of para-hydroxylation sites is 4. The molecular weight excluding hydrogens is 619 g/mol. The van der Waals surface area contributed by atoms with E-state index in [4.69, 9.17) is 4.42 Å². The number of anilines is 3. The summed E-state index contributed by atoms with van der Waals surface area (Å²) in [6, 6.07) is 63.5. The van der Waals surface area contributed by atoms with Gasteiger partial charge in [-0.2, -0.15) is 0 Å². The summed E-state index contributed by atoms with van der Waals surface area (Å²) in [5.41, 5.74) is 15.1. The van der Waals surface area contributed by atoms with E-state index in [0.717, 1.165) is 50.1 Å². The number of furan rings is 1. The van der Waals surface area contributed by atoms with E-state index in [2.05, 4.69) is 189 Å². The third-order valence-electron chi connectivity index (χ3n) is 10.9. The first-order valence-corrected chi connectivity index (χ1v) is 17.7. The molecule has 0 unspecified atom stereocenters. The zero-order valence-corrected chi connectivity index (χ0v) is 28.6. The molecule has 1 aliphatic carbocycles. The van der Waals surface area contributed by atoms with Crippen LogP contribution in [0.1, 0.15) is 25.0 Å². The second-order valence-corrected chi connectivity index (χ2v) is 14.1. The molecular formula is C49H35NO. The molecule has 10 rings (SSSR count). The molecule has 8 aromatic carbocycles. The number of hydrogen-bond donors (Lipinski definition) is 0.